The first-order valence-electron chi connectivity index (χ1n) is 3.40. The highest BCUT2D eigenvalue weighted by atomic mass is 35.5. The third-order valence-electron chi connectivity index (χ3n) is 1.08. The van der Waals surface area contributed by atoms with E-state index >= 15 is 0 Å². The van der Waals surface area contributed by atoms with Gasteiger partial charge in [-0.2, -0.15) is 0 Å². The number of rotatable bonds is 5. The first-order chi connectivity index (χ1) is 5.56. The van der Waals surface area contributed by atoms with Gasteiger partial charge >= 0.3 is 5.97 Å². The Morgan fingerprint density at radius 3 is 2.75 bits per heavy atom. The van der Waals surface area contributed by atoms with Crippen LogP contribution < -0.4 is 0 Å². The minimum atomic E-state index is -1.13. The number of aliphatic hydroxyl groups is 1. The van der Waals surface area contributed by atoms with Gasteiger partial charge < -0.3 is 9.84 Å². The van der Waals surface area contributed by atoms with Gasteiger partial charge in [0.15, 0.2) is 0 Å². The summed E-state index contributed by atoms with van der Waals surface area (Å²) < 4.78 is 4.45. The average Bonchev–Trinajstić information content (AvgIpc) is 2.00. The Labute approximate surface area is 76.3 Å². The number of aliphatic hydroxyl groups excluding tert-OH is 1. The molecule has 68 valence electrons. The summed E-state index contributed by atoms with van der Waals surface area (Å²) >= 11 is 5.43. The lowest BCUT2D eigenvalue weighted by Crippen LogP contribution is -2.15. The second kappa shape index (κ2) is 5.80. The van der Waals surface area contributed by atoms with Crippen molar-refractivity contribution in [3.63, 3.8) is 0 Å². The molecule has 0 aliphatic rings. The largest absolute Gasteiger partial charge is 0.433 e. The zero-order valence-electron chi connectivity index (χ0n) is 6.62. The Morgan fingerprint density at radius 1 is 1.75 bits per heavy atom. The fraction of sp³-hybridized carbons (Fsp3) is 0.375. The summed E-state index contributed by atoms with van der Waals surface area (Å²) in [5, 5.41) is 9.43. The molecule has 0 aliphatic carbocycles. The van der Waals surface area contributed by atoms with Crippen LogP contribution in [0.25, 0.3) is 0 Å². The molecule has 1 unspecified atom stereocenters. The molecule has 0 fully saturated rings. The monoisotopic (exact) mass is 190 g/mol. The maximum atomic E-state index is 10.5. The second-order valence-corrected chi connectivity index (χ2v) is 2.69. The van der Waals surface area contributed by atoms with Gasteiger partial charge in [-0.3, -0.25) is 0 Å². The smallest absolute Gasteiger partial charge is 0.332 e. The molecule has 1 N–H and O–H groups in total. The highest BCUT2D eigenvalue weighted by molar-refractivity contribution is 6.29. The average molecular weight is 191 g/mol. The Kier molecular flexibility index (Phi) is 5.41. The molecule has 0 aliphatic heterocycles. The standard InChI is InChI=1S/C8H11ClO3/c1-3-7(10)12-8(11)5-4-6(2)9/h3,8,11H,1-2,4-5H2. The first-order valence-corrected chi connectivity index (χ1v) is 3.78. The summed E-state index contributed by atoms with van der Waals surface area (Å²) in [4.78, 5) is 10.5. The highest BCUT2D eigenvalue weighted by Crippen LogP contribution is 2.09. The lowest BCUT2D eigenvalue weighted by molar-refractivity contribution is -0.162. The molecular formula is C8H11ClO3. The zero-order chi connectivity index (χ0) is 9.56. The normalized spacial score (nSPS) is 11.8. The van der Waals surface area contributed by atoms with Crippen LogP contribution in [0.15, 0.2) is 24.3 Å². The molecule has 0 aromatic heterocycles. The van der Waals surface area contributed by atoms with Crippen molar-refractivity contribution in [1.82, 2.24) is 0 Å². The van der Waals surface area contributed by atoms with Crippen molar-refractivity contribution in [2.24, 2.45) is 0 Å². The summed E-state index contributed by atoms with van der Waals surface area (Å²) in [7, 11) is 0. The van der Waals surface area contributed by atoms with Crippen LogP contribution in [0.3, 0.4) is 0 Å². The van der Waals surface area contributed by atoms with Gasteiger partial charge in [0.25, 0.3) is 0 Å². The number of halogens is 1. The van der Waals surface area contributed by atoms with E-state index in [0.29, 0.717) is 11.5 Å². The van der Waals surface area contributed by atoms with Crippen LogP contribution in [-0.4, -0.2) is 17.4 Å². The molecule has 0 aromatic carbocycles. The lowest BCUT2D eigenvalue weighted by Gasteiger charge is -2.09. The number of esters is 1. The van der Waals surface area contributed by atoms with E-state index in [4.69, 9.17) is 16.7 Å². The van der Waals surface area contributed by atoms with E-state index in [1.165, 1.54) is 0 Å². The summed E-state index contributed by atoms with van der Waals surface area (Å²) in [6.45, 7) is 6.60. The first kappa shape index (κ1) is 11.2. The Morgan fingerprint density at radius 2 is 2.33 bits per heavy atom. The van der Waals surface area contributed by atoms with Crippen LogP contribution in [0, 0.1) is 0 Å². The maximum Gasteiger partial charge on any atom is 0.332 e. The predicted octanol–water partition coefficient (Wildman–Crippen LogP) is 1.57. The fourth-order valence-electron chi connectivity index (χ4n) is 0.521. The third kappa shape index (κ3) is 5.95. The van der Waals surface area contributed by atoms with E-state index in [1.54, 1.807) is 0 Å². The highest BCUT2D eigenvalue weighted by Gasteiger charge is 2.07. The van der Waals surface area contributed by atoms with Gasteiger partial charge in [-0.1, -0.05) is 24.8 Å². The van der Waals surface area contributed by atoms with Crippen LogP contribution in [0.4, 0.5) is 0 Å². The fourth-order valence-corrected chi connectivity index (χ4v) is 0.630. The van der Waals surface area contributed by atoms with Crippen molar-refractivity contribution in [3.8, 4) is 0 Å². The maximum absolute atomic E-state index is 10.5. The van der Waals surface area contributed by atoms with Crippen LogP contribution in [0.5, 0.6) is 0 Å². The zero-order valence-corrected chi connectivity index (χ0v) is 7.38. The van der Waals surface area contributed by atoms with Crippen molar-refractivity contribution in [3.05, 3.63) is 24.3 Å². The number of ether oxygens (including phenoxy) is 1. The molecule has 0 bridgehead atoms. The van der Waals surface area contributed by atoms with Gasteiger partial charge in [-0.25, -0.2) is 4.79 Å². The minimum absolute atomic E-state index is 0.252. The second-order valence-electron chi connectivity index (χ2n) is 2.15. The van der Waals surface area contributed by atoms with Gasteiger partial charge in [0.05, 0.1) is 0 Å². The molecule has 3 nitrogen and oxygen atoms in total. The molecule has 0 saturated heterocycles. The van der Waals surface area contributed by atoms with Crippen LogP contribution >= 0.6 is 11.6 Å². The number of hydrogen-bond donors (Lipinski definition) is 1. The molecule has 0 spiro atoms. The molecule has 0 radical (unpaired) electrons. The molecule has 0 heterocycles. The summed E-state index contributed by atoms with van der Waals surface area (Å²) in [6, 6.07) is 0. The van der Waals surface area contributed by atoms with E-state index in [0.717, 1.165) is 6.08 Å². The lowest BCUT2D eigenvalue weighted by atomic mass is 10.3. The van der Waals surface area contributed by atoms with E-state index < -0.39 is 12.3 Å². The molecule has 0 amide bonds. The van der Waals surface area contributed by atoms with Crippen molar-refractivity contribution in [2.75, 3.05) is 0 Å². The van der Waals surface area contributed by atoms with Crippen molar-refractivity contribution >= 4 is 17.6 Å². The van der Waals surface area contributed by atoms with Crippen LogP contribution in [0.1, 0.15) is 12.8 Å². The van der Waals surface area contributed by atoms with Gasteiger partial charge in [0.1, 0.15) is 0 Å². The summed E-state index contributed by atoms with van der Waals surface area (Å²) in [5.41, 5.74) is 0. The molecule has 0 rings (SSSR count). The number of carbonyl (C=O) groups is 1. The van der Waals surface area contributed by atoms with Crippen molar-refractivity contribution in [2.45, 2.75) is 19.1 Å². The van der Waals surface area contributed by atoms with Crippen molar-refractivity contribution < 1.29 is 14.6 Å². The predicted molar refractivity (Wildman–Crippen MR) is 46.5 cm³/mol. The molecule has 1 atom stereocenters. The molecule has 12 heavy (non-hydrogen) atoms. The van der Waals surface area contributed by atoms with Gasteiger partial charge in [-0.15, -0.1) is 0 Å². The Hall–Kier alpha value is -0.800. The SMILES string of the molecule is C=CC(=O)OC(O)CCC(=C)Cl. The van der Waals surface area contributed by atoms with Gasteiger partial charge in [0.2, 0.25) is 6.29 Å². The number of allylic oxidation sites excluding steroid dienone is 1. The third-order valence-corrected chi connectivity index (χ3v) is 1.27. The topological polar surface area (TPSA) is 46.5 Å². The Balaban J connectivity index is 3.59. The van der Waals surface area contributed by atoms with Crippen LogP contribution in [0.2, 0.25) is 0 Å². The summed E-state index contributed by atoms with van der Waals surface area (Å²) in [5.74, 6) is -0.650. The van der Waals surface area contributed by atoms with Crippen LogP contribution in [-0.2, 0) is 9.53 Å². The van der Waals surface area contributed by atoms with E-state index in [-0.39, 0.29) is 6.42 Å². The number of carbonyl (C=O) groups excluding carboxylic acids is 1. The van der Waals surface area contributed by atoms with Crippen molar-refractivity contribution in [1.29, 1.82) is 0 Å². The van der Waals surface area contributed by atoms with E-state index in [2.05, 4.69) is 17.9 Å². The summed E-state index contributed by atoms with van der Waals surface area (Å²) in [6.07, 6.45) is 0.513. The molecular weight excluding hydrogens is 180 g/mol. The molecule has 0 aromatic rings. The van der Waals surface area contributed by atoms with Gasteiger partial charge in [-0.05, 0) is 6.42 Å². The van der Waals surface area contributed by atoms with E-state index in [1.807, 2.05) is 0 Å². The molecule has 4 heteroatoms. The number of hydrogen-bond acceptors (Lipinski definition) is 3. The molecule has 0 saturated carbocycles. The minimum Gasteiger partial charge on any atom is -0.433 e. The van der Waals surface area contributed by atoms with E-state index in [9.17, 15) is 4.79 Å². The quantitative estimate of drug-likeness (QED) is 0.407. The van der Waals surface area contributed by atoms with Gasteiger partial charge in [0, 0.05) is 17.5 Å². The Bertz CT molecular complexity index is 189.